The van der Waals surface area contributed by atoms with Crippen LogP contribution in [0.1, 0.15) is 38.3 Å². The molecule has 0 N–H and O–H groups in total. The first-order valence-electron chi connectivity index (χ1n) is 7.29. The molecule has 0 aliphatic carbocycles. The van der Waals surface area contributed by atoms with Gasteiger partial charge in [-0.05, 0) is 37.6 Å². The number of carbonyl (C=O) groups excluding carboxylic acids is 1. The number of unbranched alkanes of at least 4 members (excludes halogenated alkanes) is 1. The number of methoxy groups -OCH3 is 1. The van der Waals surface area contributed by atoms with E-state index in [-0.39, 0.29) is 18.1 Å². The molecule has 1 unspecified atom stereocenters. The SMILES string of the molecule is CCCCN1[C@@H](C(=O)OCC)[C@@H]1c1ccc(OC)cc1. The number of hydrogen-bond acceptors (Lipinski definition) is 4. The fourth-order valence-corrected chi connectivity index (χ4v) is 2.56. The maximum absolute atomic E-state index is 12.0. The summed E-state index contributed by atoms with van der Waals surface area (Å²) in [6.45, 7) is 5.38. The normalized spacial score (nSPS) is 24.2. The van der Waals surface area contributed by atoms with Crippen LogP contribution in [0.15, 0.2) is 24.3 Å². The largest absolute Gasteiger partial charge is 0.497 e. The van der Waals surface area contributed by atoms with Gasteiger partial charge in [0.25, 0.3) is 0 Å². The smallest absolute Gasteiger partial charge is 0.325 e. The van der Waals surface area contributed by atoms with Crippen LogP contribution in [-0.4, -0.2) is 37.2 Å². The van der Waals surface area contributed by atoms with Gasteiger partial charge in [-0.25, -0.2) is 0 Å². The maximum Gasteiger partial charge on any atom is 0.325 e. The molecule has 0 radical (unpaired) electrons. The molecule has 1 heterocycles. The van der Waals surface area contributed by atoms with E-state index in [0.29, 0.717) is 6.61 Å². The molecule has 4 heteroatoms. The molecule has 0 amide bonds. The zero-order valence-corrected chi connectivity index (χ0v) is 12.5. The average Bonchev–Trinajstić information content (AvgIpc) is 3.19. The highest BCUT2D eigenvalue weighted by Crippen LogP contribution is 2.44. The predicted molar refractivity (Wildman–Crippen MR) is 77.8 cm³/mol. The Morgan fingerprint density at radius 1 is 1.25 bits per heavy atom. The van der Waals surface area contributed by atoms with Gasteiger partial charge in [-0.3, -0.25) is 9.69 Å². The number of esters is 1. The molecule has 110 valence electrons. The molecule has 1 fully saturated rings. The van der Waals surface area contributed by atoms with Crippen LogP contribution in [0.3, 0.4) is 0 Å². The molecule has 4 nitrogen and oxygen atoms in total. The third kappa shape index (κ3) is 3.12. The third-order valence-electron chi connectivity index (χ3n) is 3.68. The van der Waals surface area contributed by atoms with E-state index in [1.165, 1.54) is 0 Å². The molecule has 20 heavy (non-hydrogen) atoms. The molecule has 0 spiro atoms. The fourth-order valence-electron chi connectivity index (χ4n) is 2.56. The summed E-state index contributed by atoms with van der Waals surface area (Å²) in [5.74, 6) is 0.728. The Labute approximate surface area is 120 Å². The lowest BCUT2D eigenvalue weighted by molar-refractivity contribution is -0.143. The van der Waals surface area contributed by atoms with E-state index in [1.807, 2.05) is 31.2 Å². The van der Waals surface area contributed by atoms with Crippen molar-refractivity contribution in [3.05, 3.63) is 29.8 Å². The highest BCUT2D eigenvalue weighted by molar-refractivity contribution is 5.80. The van der Waals surface area contributed by atoms with Gasteiger partial charge in [-0.15, -0.1) is 0 Å². The molecule has 1 aliphatic heterocycles. The van der Waals surface area contributed by atoms with Crippen LogP contribution in [-0.2, 0) is 9.53 Å². The lowest BCUT2D eigenvalue weighted by Crippen LogP contribution is -2.16. The molecule has 1 aliphatic rings. The van der Waals surface area contributed by atoms with Crippen LogP contribution in [0.5, 0.6) is 5.75 Å². The molecule has 1 saturated heterocycles. The van der Waals surface area contributed by atoms with Gasteiger partial charge in [0, 0.05) is 0 Å². The summed E-state index contributed by atoms with van der Waals surface area (Å²) < 4.78 is 10.3. The van der Waals surface area contributed by atoms with Gasteiger partial charge in [0.15, 0.2) is 0 Å². The second-order valence-electron chi connectivity index (χ2n) is 5.01. The monoisotopic (exact) mass is 277 g/mol. The summed E-state index contributed by atoms with van der Waals surface area (Å²) in [6, 6.07) is 7.98. The van der Waals surface area contributed by atoms with Crippen molar-refractivity contribution in [1.29, 1.82) is 0 Å². The zero-order valence-electron chi connectivity index (χ0n) is 12.5. The average molecular weight is 277 g/mol. The van der Waals surface area contributed by atoms with Gasteiger partial charge in [0.05, 0.1) is 19.8 Å². The van der Waals surface area contributed by atoms with Gasteiger partial charge in [-0.2, -0.15) is 0 Å². The molecule has 1 aromatic rings. The molecule has 0 aromatic heterocycles. The summed E-state index contributed by atoms with van der Waals surface area (Å²) in [5, 5.41) is 0. The number of benzene rings is 1. The third-order valence-corrected chi connectivity index (χ3v) is 3.68. The minimum Gasteiger partial charge on any atom is -0.497 e. The van der Waals surface area contributed by atoms with Crippen molar-refractivity contribution in [3.8, 4) is 5.75 Å². The quantitative estimate of drug-likeness (QED) is 0.567. The first kappa shape index (κ1) is 14.9. The fraction of sp³-hybridized carbons (Fsp3) is 0.562. The van der Waals surface area contributed by atoms with Crippen molar-refractivity contribution >= 4 is 5.97 Å². The molecule has 3 atom stereocenters. The summed E-state index contributed by atoms with van der Waals surface area (Å²) >= 11 is 0. The van der Waals surface area contributed by atoms with Crippen LogP contribution in [0.25, 0.3) is 0 Å². The van der Waals surface area contributed by atoms with Crippen molar-refractivity contribution < 1.29 is 14.3 Å². The van der Waals surface area contributed by atoms with E-state index in [2.05, 4.69) is 11.8 Å². The number of nitrogens with zero attached hydrogens (tertiary/aromatic N) is 1. The van der Waals surface area contributed by atoms with Crippen LogP contribution < -0.4 is 4.74 Å². The summed E-state index contributed by atoms with van der Waals surface area (Å²) in [6.07, 6.45) is 2.23. The lowest BCUT2D eigenvalue weighted by Gasteiger charge is -2.03. The predicted octanol–water partition coefficient (Wildman–Crippen LogP) is 2.78. The Morgan fingerprint density at radius 3 is 2.50 bits per heavy atom. The molecular formula is C16H23NO3. The Kier molecular flexibility index (Phi) is 5.01. The van der Waals surface area contributed by atoms with Gasteiger partial charge >= 0.3 is 5.97 Å². The lowest BCUT2D eigenvalue weighted by atomic mass is 10.1. The van der Waals surface area contributed by atoms with Gasteiger partial charge in [-0.1, -0.05) is 25.5 Å². The molecular weight excluding hydrogens is 254 g/mol. The molecule has 0 saturated carbocycles. The van der Waals surface area contributed by atoms with Crippen molar-refractivity contribution in [1.82, 2.24) is 4.90 Å². The van der Waals surface area contributed by atoms with Gasteiger partial charge in [0.1, 0.15) is 11.8 Å². The molecule has 2 rings (SSSR count). The Morgan fingerprint density at radius 2 is 1.95 bits per heavy atom. The second kappa shape index (κ2) is 6.75. The van der Waals surface area contributed by atoms with Crippen molar-refractivity contribution in [2.45, 2.75) is 38.8 Å². The summed E-state index contributed by atoms with van der Waals surface area (Å²) in [4.78, 5) is 14.2. The van der Waals surface area contributed by atoms with E-state index in [9.17, 15) is 4.79 Å². The Balaban J connectivity index is 2.08. The summed E-state index contributed by atoms with van der Waals surface area (Å²) in [7, 11) is 1.65. The highest BCUT2D eigenvalue weighted by Gasteiger charge is 2.53. The second-order valence-corrected chi connectivity index (χ2v) is 5.01. The first-order chi connectivity index (χ1) is 9.72. The topological polar surface area (TPSA) is 38.5 Å². The number of carbonyl (C=O) groups is 1. The number of ether oxygens (including phenoxy) is 2. The van der Waals surface area contributed by atoms with E-state index in [0.717, 1.165) is 30.7 Å². The maximum atomic E-state index is 12.0. The minimum absolute atomic E-state index is 0.107. The number of hydrogen-bond donors (Lipinski definition) is 0. The van der Waals surface area contributed by atoms with E-state index in [4.69, 9.17) is 9.47 Å². The van der Waals surface area contributed by atoms with E-state index in [1.54, 1.807) is 7.11 Å². The van der Waals surface area contributed by atoms with Crippen molar-refractivity contribution in [2.75, 3.05) is 20.3 Å². The van der Waals surface area contributed by atoms with Gasteiger partial charge in [0.2, 0.25) is 0 Å². The number of rotatable bonds is 7. The Hall–Kier alpha value is -1.55. The standard InChI is InChI=1S/C16H23NO3/c1-4-6-11-17-14(15(17)16(18)20-5-2)12-7-9-13(19-3)10-8-12/h7-10,14-15H,4-6,11H2,1-3H3/t14-,15+,17?/m0/s1. The first-order valence-corrected chi connectivity index (χ1v) is 7.29. The minimum atomic E-state index is -0.116. The van der Waals surface area contributed by atoms with E-state index >= 15 is 0 Å². The zero-order chi connectivity index (χ0) is 14.5. The molecule has 0 bridgehead atoms. The van der Waals surface area contributed by atoms with E-state index < -0.39 is 0 Å². The Bertz CT molecular complexity index is 444. The summed E-state index contributed by atoms with van der Waals surface area (Å²) in [5.41, 5.74) is 1.15. The van der Waals surface area contributed by atoms with Gasteiger partial charge < -0.3 is 9.47 Å². The van der Waals surface area contributed by atoms with Crippen LogP contribution >= 0.6 is 0 Å². The van der Waals surface area contributed by atoms with Crippen molar-refractivity contribution in [3.63, 3.8) is 0 Å². The van der Waals surface area contributed by atoms with Crippen LogP contribution in [0.2, 0.25) is 0 Å². The van der Waals surface area contributed by atoms with Crippen LogP contribution in [0, 0.1) is 0 Å². The molecule has 1 aromatic carbocycles. The highest BCUT2D eigenvalue weighted by atomic mass is 16.5. The van der Waals surface area contributed by atoms with Crippen LogP contribution in [0.4, 0.5) is 0 Å². The van der Waals surface area contributed by atoms with Crippen molar-refractivity contribution in [2.24, 2.45) is 0 Å².